The predicted molar refractivity (Wildman–Crippen MR) is 117 cm³/mol. The molecule has 1 aromatic heterocycles. The van der Waals surface area contributed by atoms with Crippen LogP contribution in [0.15, 0.2) is 88.1 Å². The van der Waals surface area contributed by atoms with E-state index in [1.165, 1.54) is 12.3 Å². The Balaban J connectivity index is 0.00000289. The third kappa shape index (κ3) is 4.82. The second-order valence-electron chi connectivity index (χ2n) is 6.61. The summed E-state index contributed by atoms with van der Waals surface area (Å²) in [6, 6.07) is 18.6. The molecule has 156 valence electrons. The Labute approximate surface area is 207 Å². The minimum atomic E-state index is -4.73. The van der Waals surface area contributed by atoms with Crippen LogP contribution in [0.5, 0.6) is 5.75 Å². The van der Waals surface area contributed by atoms with Gasteiger partial charge in [0.1, 0.15) is 27.2 Å². The third-order valence-electron chi connectivity index (χ3n) is 4.70. The van der Waals surface area contributed by atoms with Crippen LogP contribution in [0.25, 0.3) is 22.0 Å². The van der Waals surface area contributed by atoms with Crippen molar-refractivity contribution in [3.63, 3.8) is 0 Å². The average Bonchev–Trinajstić information content (AvgIpc) is 2.78. The molecule has 1 heterocycles. The Kier molecular flexibility index (Phi) is 7.27. The summed E-state index contributed by atoms with van der Waals surface area (Å²) in [6.07, 6.45) is 1.52. The molecule has 0 unspecified atom stereocenters. The van der Waals surface area contributed by atoms with Crippen molar-refractivity contribution in [2.75, 3.05) is 12.8 Å². The van der Waals surface area contributed by atoms with Crippen LogP contribution in [0.3, 0.4) is 0 Å². The quantitative estimate of drug-likeness (QED) is 0.211. The van der Waals surface area contributed by atoms with Gasteiger partial charge in [0.2, 0.25) is 0 Å². The van der Waals surface area contributed by atoms with Gasteiger partial charge in [-0.2, -0.15) is 0 Å². The standard InChI is InChI=1S/C22H18N4O4S.Na/c1-30-20-9-5-4-8-17(20)18-11-10-14(13-24-18)25-26-19-12-21(31(27,28)29)15-6-2-3-7-16(15)22(19)23;/h2-13H,23H2,1H3,(H,27,28,29);/q;+1/p-1. The van der Waals surface area contributed by atoms with Gasteiger partial charge in [-0.25, -0.2) is 8.42 Å². The summed E-state index contributed by atoms with van der Waals surface area (Å²) >= 11 is 0. The number of fused-ring (bicyclic) bond motifs is 1. The van der Waals surface area contributed by atoms with Crippen molar-refractivity contribution in [3.8, 4) is 17.0 Å². The van der Waals surface area contributed by atoms with Gasteiger partial charge in [0.15, 0.2) is 0 Å². The molecule has 8 nitrogen and oxygen atoms in total. The van der Waals surface area contributed by atoms with E-state index in [-0.39, 0.29) is 46.3 Å². The molecule has 3 aromatic carbocycles. The zero-order valence-electron chi connectivity index (χ0n) is 17.4. The van der Waals surface area contributed by atoms with E-state index in [4.69, 9.17) is 10.5 Å². The molecule has 0 radical (unpaired) electrons. The van der Waals surface area contributed by atoms with Crippen LogP contribution in [0.2, 0.25) is 0 Å². The Morgan fingerprint density at radius 2 is 1.66 bits per heavy atom. The van der Waals surface area contributed by atoms with E-state index in [2.05, 4.69) is 15.2 Å². The van der Waals surface area contributed by atoms with Gasteiger partial charge in [-0.1, -0.05) is 36.4 Å². The predicted octanol–water partition coefficient (Wildman–Crippen LogP) is 1.82. The zero-order valence-corrected chi connectivity index (χ0v) is 20.2. The van der Waals surface area contributed by atoms with Crippen LogP contribution >= 0.6 is 0 Å². The summed E-state index contributed by atoms with van der Waals surface area (Å²) < 4.78 is 40.5. The van der Waals surface area contributed by atoms with Gasteiger partial charge in [0.05, 0.1) is 29.6 Å². The first-order chi connectivity index (χ1) is 14.9. The minimum absolute atomic E-state index is 0. The van der Waals surface area contributed by atoms with E-state index in [0.717, 1.165) is 11.6 Å². The maximum Gasteiger partial charge on any atom is 1.00 e. The van der Waals surface area contributed by atoms with Crippen LogP contribution in [-0.4, -0.2) is 25.1 Å². The van der Waals surface area contributed by atoms with Crippen LogP contribution in [0.4, 0.5) is 17.1 Å². The van der Waals surface area contributed by atoms with Gasteiger partial charge >= 0.3 is 29.6 Å². The number of pyridine rings is 1. The second kappa shape index (κ2) is 9.76. The molecule has 0 aliphatic heterocycles. The van der Waals surface area contributed by atoms with E-state index >= 15 is 0 Å². The zero-order chi connectivity index (χ0) is 22.0. The number of aromatic nitrogens is 1. The molecule has 2 N–H and O–H groups in total. The maximum absolute atomic E-state index is 11.7. The Morgan fingerprint density at radius 3 is 2.31 bits per heavy atom. The van der Waals surface area contributed by atoms with Gasteiger partial charge in [0.25, 0.3) is 0 Å². The number of rotatable bonds is 5. The number of hydrogen-bond donors (Lipinski definition) is 1. The summed E-state index contributed by atoms with van der Waals surface area (Å²) in [7, 11) is -3.14. The van der Waals surface area contributed by atoms with E-state index in [1.54, 1.807) is 37.4 Å². The van der Waals surface area contributed by atoms with E-state index in [1.807, 2.05) is 24.3 Å². The first-order valence-corrected chi connectivity index (χ1v) is 10.6. The fourth-order valence-corrected chi connectivity index (χ4v) is 3.92. The SMILES string of the molecule is COc1ccccc1-c1ccc(N=Nc2cc(S(=O)(=O)[O-])c3ccccc3c2N)cn1.[Na+]. The molecule has 0 fully saturated rings. The van der Waals surface area contributed by atoms with E-state index < -0.39 is 15.0 Å². The number of azo groups is 1. The molecule has 4 rings (SSSR count). The van der Waals surface area contributed by atoms with Crippen molar-refractivity contribution >= 4 is 38.0 Å². The molecule has 32 heavy (non-hydrogen) atoms. The smallest absolute Gasteiger partial charge is 0.744 e. The Morgan fingerprint density at radius 1 is 0.969 bits per heavy atom. The number of anilines is 1. The Bertz CT molecular complexity index is 1410. The molecule has 0 amide bonds. The number of nitrogens with zero attached hydrogens (tertiary/aromatic N) is 3. The molecule has 0 saturated carbocycles. The molecule has 4 aromatic rings. The first-order valence-electron chi connectivity index (χ1n) is 9.17. The van der Waals surface area contributed by atoms with E-state index in [0.29, 0.717) is 22.5 Å². The molecule has 0 saturated heterocycles. The largest absolute Gasteiger partial charge is 1.00 e. The summed E-state index contributed by atoms with van der Waals surface area (Å²) in [4.78, 5) is 4.00. The van der Waals surface area contributed by atoms with Crippen molar-refractivity contribution in [1.29, 1.82) is 0 Å². The number of methoxy groups -OCH3 is 1. The van der Waals surface area contributed by atoms with Crippen molar-refractivity contribution < 1.29 is 47.3 Å². The van der Waals surface area contributed by atoms with Gasteiger partial charge in [-0.15, -0.1) is 10.2 Å². The monoisotopic (exact) mass is 456 g/mol. The molecule has 0 spiro atoms. The van der Waals surface area contributed by atoms with E-state index in [9.17, 15) is 13.0 Å². The summed E-state index contributed by atoms with van der Waals surface area (Å²) in [5, 5.41) is 8.83. The summed E-state index contributed by atoms with van der Waals surface area (Å²) in [5.74, 6) is 0.694. The van der Waals surface area contributed by atoms with Crippen molar-refractivity contribution in [2.24, 2.45) is 10.2 Å². The number of hydrogen-bond acceptors (Lipinski definition) is 8. The van der Waals surface area contributed by atoms with Crippen LogP contribution < -0.4 is 40.0 Å². The molecule has 0 atom stereocenters. The van der Waals surface area contributed by atoms with Crippen LogP contribution in [0, 0.1) is 0 Å². The number of ether oxygens (including phenoxy) is 1. The van der Waals surface area contributed by atoms with Gasteiger partial charge in [0, 0.05) is 16.3 Å². The average molecular weight is 456 g/mol. The number of benzene rings is 3. The second-order valence-corrected chi connectivity index (χ2v) is 7.96. The minimum Gasteiger partial charge on any atom is -0.744 e. The maximum atomic E-state index is 11.7. The van der Waals surface area contributed by atoms with Crippen LogP contribution in [0.1, 0.15) is 0 Å². The van der Waals surface area contributed by atoms with Gasteiger partial charge in [-0.05, 0) is 30.3 Å². The molecule has 0 aliphatic rings. The normalized spacial score (nSPS) is 11.4. The third-order valence-corrected chi connectivity index (χ3v) is 5.58. The first kappa shape index (κ1) is 23.8. The Hall–Kier alpha value is -2.82. The molecule has 0 aliphatic carbocycles. The fourth-order valence-electron chi connectivity index (χ4n) is 3.21. The van der Waals surface area contributed by atoms with Crippen molar-refractivity contribution in [1.82, 2.24) is 4.98 Å². The molecular weight excluding hydrogens is 439 g/mol. The fraction of sp³-hybridized carbons (Fsp3) is 0.0455. The molecule has 0 bridgehead atoms. The number of nitrogen functional groups attached to an aromatic ring is 1. The molecule has 10 heteroatoms. The molecular formula is C22H17N4NaO4S. The van der Waals surface area contributed by atoms with Crippen molar-refractivity contribution in [2.45, 2.75) is 4.90 Å². The van der Waals surface area contributed by atoms with Gasteiger partial charge < -0.3 is 15.0 Å². The van der Waals surface area contributed by atoms with Crippen molar-refractivity contribution in [3.05, 3.63) is 72.9 Å². The number of nitrogens with two attached hydrogens (primary N) is 1. The van der Waals surface area contributed by atoms with Gasteiger partial charge in [-0.3, -0.25) is 4.98 Å². The topological polar surface area (TPSA) is 130 Å². The summed E-state index contributed by atoms with van der Waals surface area (Å²) in [5.41, 5.74) is 8.41. The van der Waals surface area contributed by atoms with Crippen LogP contribution in [-0.2, 0) is 10.1 Å². The number of para-hydroxylation sites is 1. The summed E-state index contributed by atoms with van der Waals surface area (Å²) in [6.45, 7) is 0.